The third-order valence-corrected chi connectivity index (χ3v) is 8.48. The number of carbonyl (C=O) groups is 2. The van der Waals surface area contributed by atoms with E-state index in [1.807, 2.05) is 19.2 Å². The second kappa shape index (κ2) is 6.07. The zero-order valence-corrected chi connectivity index (χ0v) is 18.2. The van der Waals surface area contributed by atoms with Crippen molar-refractivity contribution in [3.05, 3.63) is 23.3 Å². The van der Waals surface area contributed by atoms with Crippen molar-refractivity contribution in [1.29, 1.82) is 0 Å². The minimum Gasteiger partial charge on any atom is -0.454 e. The number of benzene rings is 1. The maximum atomic E-state index is 13.5. The Kier molecular flexibility index (Phi) is 3.85. The fraction of sp³-hybridized carbons (Fsp3) is 0.652. The van der Waals surface area contributed by atoms with Gasteiger partial charge in [-0.15, -0.1) is 0 Å². The highest BCUT2D eigenvalue weighted by molar-refractivity contribution is 5.89. The number of ether oxygens (including phenoxy) is 5. The van der Waals surface area contributed by atoms with E-state index >= 15 is 0 Å². The van der Waals surface area contributed by atoms with Crippen molar-refractivity contribution in [1.82, 2.24) is 4.90 Å². The van der Waals surface area contributed by atoms with E-state index in [9.17, 15) is 9.59 Å². The average molecular weight is 429 g/mol. The Morgan fingerprint density at radius 3 is 2.65 bits per heavy atom. The van der Waals surface area contributed by atoms with Gasteiger partial charge in [0.25, 0.3) is 0 Å². The van der Waals surface area contributed by atoms with Crippen LogP contribution in [-0.2, 0) is 29.2 Å². The van der Waals surface area contributed by atoms with Gasteiger partial charge >= 0.3 is 0 Å². The molecule has 2 aliphatic carbocycles. The molecule has 1 spiro atoms. The first-order chi connectivity index (χ1) is 14.8. The summed E-state index contributed by atoms with van der Waals surface area (Å²) < 4.78 is 29.9. The lowest BCUT2D eigenvalue weighted by molar-refractivity contribution is -0.310. The van der Waals surface area contributed by atoms with Crippen molar-refractivity contribution >= 4 is 11.6 Å². The van der Waals surface area contributed by atoms with E-state index in [1.54, 1.807) is 14.0 Å². The average Bonchev–Trinajstić information content (AvgIpc) is 3.38. The number of likely N-dealkylation sites (tertiary alicyclic amines) is 1. The molecule has 5 aliphatic rings. The molecule has 8 nitrogen and oxygen atoms in total. The molecule has 8 heteroatoms. The number of fused-ring (bicyclic) bond motifs is 4. The van der Waals surface area contributed by atoms with Crippen LogP contribution in [0.15, 0.2) is 12.1 Å². The summed E-state index contributed by atoms with van der Waals surface area (Å²) in [7, 11) is 5.16. The van der Waals surface area contributed by atoms with Gasteiger partial charge in [-0.25, -0.2) is 0 Å². The van der Waals surface area contributed by atoms with Gasteiger partial charge in [0.2, 0.25) is 12.6 Å². The van der Waals surface area contributed by atoms with E-state index in [0.29, 0.717) is 37.2 Å². The highest BCUT2D eigenvalue weighted by atomic mass is 16.7. The van der Waals surface area contributed by atoms with Crippen LogP contribution in [-0.4, -0.2) is 68.0 Å². The number of ketones is 2. The van der Waals surface area contributed by atoms with E-state index in [2.05, 4.69) is 4.90 Å². The molecule has 0 amide bonds. The predicted octanol–water partition coefficient (Wildman–Crippen LogP) is 1.88. The fourth-order valence-corrected chi connectivity index (χ4v) is 7.53. The quantitative estimate of drug-likeness (QED) is 0.718. The number of carbonyl (C=O) groups excluding carboxylic acids is 2. The lowest BCUT2D eigenvalue weighted by Crippen LogP contribution is -2.77. The number of Topliss-reactive ketones (excluding diaryl/α,β-unsaturated/α-hetero) is 2. The number of hydrogen-bond donors (Lipinski definition) is 0. The molecule has 0 N–H and O–H groups in total. The molecule has 0 radical (unpaired) electrons. The Labute approximate surface area is 180 Å². The molecule has 2 saturated heterocycles. The van der Waals surface area contributed by atoms with Gasteiger partial charge in [-0.3, -0.25) is 14.5 Å². The van der Waals surface area contributed by atoms with Crippen LogP contribution in [0.1, 0.15) is 49.8 Å². The van der Waals surface area contributed by atoms with E-state index in [4.69, 9.17) is 23.7 Å². The van der Waals surface area contributed by atoms with Crippen molar-refractivity contribution in [3.63, 3.8) is 0 Å². The van der Waals surface area contributed by atoms with Gasteiger partial charge in [0.05, 0.1) is 11.6 Å². The third-order valence-electron chi connectivity index (χ3n) is 8.48. The SMILES string of the molecule is COC1C(=O)CC23CC(CC(C)=O)N(C)C24CC(OC14OC)c1cc2c(cc13)OCO2. The minimum absolute atomic E-state index is 0.0332. The second-order valence-electron chi connectivity index (χ2n) is 9.55. The van der Waals surface area contributed by atoms with E-state index in [-0.39, 0.29) is 30.5 Å². The predicted molar refractivity (Wildman–Crippen MR) is 107 cm³/mol. The molecule has 31 heavy (non-hydrogen) atoms. The van der Waals surface area contributed by atoms with Crippen LogP contribution in [0.25, 0.3) is 0 Å². The molecular weight excluding hydrogens is 402 g/mol. The Balaban J connectivity index is 1.66. The Hall–Kier alpha value is -2.00. The van der Waals surface area contributed by atoms with Gasteiger partial charge in [0, 0.05) is 44.9 Å². The Bertz CT molecular complexity index is 1010. The second-order valence-corrected chi connectivity index (χ2v) is 9.55. The van der Waals surface area contributed by atoms with Crippen LogP contribution in [0.4, 0.5) is 0 Å². The van der Waals surface area contributed by atoms with Gasteiger partial charge in [-0.2, -0.15) is 0 Å². The van der Waals surface area contributed by atoms with Gasteiger partial charge in [-0.05, 0) is 43.7 Å². The van der Waals surface area contributed by atoms with Crippen molar-refractivity contribution in [3.8, 4) is 11.5 Å². The van der Waals surface area contributed by atoms with Crippen LogP contribution >= 0.6 is 0 Å². The third kappa shape index (κ3) is 2.01. The first-order valence-corrected chi connectivity index (χ1v) is 10.8. The fourth-order valence-electron chi connectivity index (χ4n) is 7.53. The standard InChI is InChI=1S/C23H27NO7/c1-12(25)5-13-8-21-9-16(26)20(27-3)23(28-4)22(21,24(13)2)10-19(31-23)14-6-17-18(7-15(14)21)30-11-29-17/h6-7,13,19-20H,5,8-11H2,1-4H3. The van der Waals surface area contributed by atoms with Crippen LogP contribution in [0.5, 0.6) is 11.5 Å². The van der Waals surface area contributed by atoms with E-state index in [1.165, 1.54) is 7.11 Å². The molecule has 6 atom stereocenters. The summed E-state index contributed by atoms with van der Waals surface area (Å²) in [5.74, 6) is 0.197. The van der Waals surface area contributed by atoms with E-state index < -0.39 is 22.8 Å². The highest BCUT2D eigenvalue weighted by Crippen LogP contribution is 2.73. The van der Waals surface area contributed by atoms with Crippen molar-refractivity contribution in [2.75, 3.05) is 28.1 Å². The monoisotopic (exact) mass is 429 g/mol. The van der Waals surface area contributed by atoms with Crippen LogP contribution < -0.4 is 9.47 Å². The maximum Gasteiger partial charge on any atom is 0.231 e. The first kappa shape index (κ1) is 19.7. The molecule has 3 fully saturated rings. The van der Waals surface area contributed by atoms with Crippen molar-refractivity contribution in [2.24, 2.45) is 0 Å². The molecule has 1 aromatic carbocycles. The summed E-state index contributed by atoms with van der Waals surface area (Å²) in [6.07, 6.45) is 0.918. The van der Waals surface area contributed by atoms with Gasteiger partial charge in [-0.1, -0.05) is 0 Å². The first-order valence-electron chi connectivity index (χ1n) is 10.8. The molecule has 6 rings (SSSR count). The molecule has 1 aromatic rings. The topological polar surface area (TPSA) is 83.5 Å². The summed E-state index contributed by atoms with van der Waals surface area (Å²) in [6.45, 7) is 1.80. The van der Waals surface area contributed by atoms with Crippen LogP contribution in [0.3, 0.4) is 0 Å². The Morgan fingerprint density at radius 2 is 1.97 bits per heavy atom. The normalized spacial score (nSPS) is 41.9. The zero-order chi connectivity index (χ0) is 21.8. The summed E-state index contributed by atoms with van der Waals surface area (Å²) in [5.41, 5.74) is 0.843. The number of nitrogens with zero attached hydrogens (tertiary/aromatic N) is 1. The molecule has 3 aliphatic heterocycles. The molecule has 166 valence electrons. The molecule has 2 bridgehead atoms. The number of rotatable bonds is 4. The molecule has 0 aromatic heterocycles. The summed E-state index contributed by atoms with van der Waals surface area (Å²) >= 11 is 0. The summed E-state index contributed by atoms with van der Waals surface area (Å²) in [5, 5.41) is 0. The molecule has 1 saturated carbocycles. The van der Waals surface area contributed by atoms with Gasteiger partial charge in [0.15, 0.2) is 23.4 Å². The Morgan fingerprint density at radius 1 is 1.23 bits per heavy atom. The number of hydrogen-bond acceptors (Lipinski definition) is 8. The lowest BCUT2D eigenvalue weighted by atomic mass is 9.51. The van der Waals surface area contributed by atoms with Crippen LogP contribution in [0.2, 0.25) is 0 Å². The largest absolute Gasteiger partial charge is 0.454 e. The van der Waals surface area contributed by atoms with Crippen molar-refractivity contribution in [2.45, 2.75) is 67.6 Å². The maximum absolute atomic E-state index is 13.5. The molecular formula is C23H27NO7. The van der Waals surface area contributed by atoms with Gasteiger partial charge in [0.1, 0.15) is 5.78 Å². The van der Waals surface area contributed by atoms with Crippen molar-refractivity contribution < 1.29 is 33.3 Å². The lowest BCUT2D eigenvalue weighted by Gasteiger charge is -2.59. The summed E-state index contributed by atoms with van der Waals surface area (Å²) in [4.78, 5) is 27.9. The van der Waals surface area contributed by atoms with Crippen LogP contribution in [0, 0.1) is 0 Å². The smallest absolute Gasteiger partial charge is 0.231 e. The van der Waals surface area contributed by atoms with Gasteiger partial charge < -0.3 is 23.7 Å². The highest BCUT2D eigenvalue weighted by Gasteiger charge is 2.83. The van der Waals surface area contributed by atoms with E-state index in [0.717, 1.165) is 11.1 Å². The number of methoxy groups -OCH3 is 2. The summed E-state index contributed by atoms with van der Waals surface area (Å²) in [6, 6.07) is 3.99. The zero-order valence-electron chi connectivity index (χ0n) is 18.2. The minimum atomic E-state index is -1.27. The molecule has 3 heterocycles. The molecule has 6 unspecified atom stereocenters. The number of likely N-dealkylation sites (N-methyl/N-ethyl adjacent to an activating group) is 1.